The van der Waals surface area contributed by atoms with Crippen LogP contribution in [-0.2, 0) is 9.59 Å². The van der Waals surface area contributed by atoms with Gasteiger partial charge in [-0.1, -0.05) is 39.0 Å². The number of rotatable bonds is 2. The number of amides is 3. The molecule has 6 heteroatoms. The van der Waals surface area contributed by atoms with Gasteiger partial charge >= 0.3 is 0 Å². The van der Waals surface area contributed by atoms with Gasteiger partial charge in [0.05, 0.1) is 0 Å². The lowest BCUT2D eigenvalue weighted by molar-refractivity contribution is -0.141. The van der Waals surface area contributed by atoms with Gasteiger partial charge in [0.15, 0.2) is 0 Å². The monoisotopic (exact) mass is 467 g/mol. The standard InChI is InChI=1S/C28H41N3O3/c1-19(2)24-13-12-20(3)14-27(33)31-17-21-15-23(25(31)10-7-11-26(32)29-24)18-30(16-21)28(34)22-8-5-4-6-9-22/h4-6,8-9,19-21,23-25H,7,10-18H2,1-3H3,(H,29,32)/t20-,21+,23+,24+,25+/m1/s1. The number of piperidine rings is 2. The molecule has 0 radical (unpaired) electrons. The quantitative estimate of drug-likeness (QED) is 0.712. The van der Waals surface area contributed by atoms with Crippen LogP contribution in [0.3, 0.4) is 0 Å². The molecule has 0 spiro atoms. The lowest BCUT2D eigenvalue weighted by Gasteiger charge is -2.51. The molecule has 4 rings (SSSR count). The summed E-state index contributed by atoms with van der Waals surface area (Å²) in [5, 5.41) is 3.25. The molecule has 0 unspecified atom stereocenters. The largest absolute Gasteiger partial charge is 0.353 e. The molecule has 3 aliphatic rings. The number of hydrogen-bond donors (Lipinski definition) is 1. The third-order valence-corrected chi connectivity index (χ3v) is 8.15. The molecule has 3 heterocycles. The van der Waals surface area contributed by atoms with Crippen LogP contribution in [0.5, 0.6) is 0 Å². The molecule has 5 atom stereocenters. The first kappa shape index (κ1) is 24.7. The normalized spacial score (nSPS) is 31.1. The van der Waals surface area contributed by atoms with Gasteiger partial charge in [-0.25, -0.2) is 0 Å². The van der Waals surface area contributed by atoms with E-state index in [-0.39, 0.29) is 35.7 Å². The van der Waals surface area contributed by atoms with Crippen molar-refractivity contribution >= 4 is 17.7 Å². The molecule has 6 nitrogen and oxygen atoms in total. The summed E-state index contributed by atoms with van der Waals surface area (Å²) in [6.07, 6.45) is 5.59. The Morgan fingerprint density at radius 2 is 1.79 bits per heavy atom. The number of hydrogen-bond acceptors (Lipinski definition) is 3. The molecule has 2 bridgehead atoms. The van der Waals surface area contributed by atoms with Gasteiger partial charge in [-0.15, -0.1) is 0 Å². The van der Waals surface area contributed by atoms with Gasteiger partial charge in [0.2, 0.25) is 11.8 Å². The molecular weight excluding hydrogens is 426 g/mol. The third-order valence-electron chi connectivity index (χ3n) is 8.15. The Labute approximate surface area is 204 Å². The van der Waals surface area contributed by atoms with Gasteiger partial charge in [-0.2, -0.15) is 0 Å². The summed E-state index contributed by atoms with van der Waals surface area (Å²) in [6, 6.07) is 9.78. The van der Waals surface area contributed by atoms with Crippen LogP contribution in [-0.4, -0.2) is 59.2 Å². The van der Waals surface area contributed by atoms with Crippen molar-refractivity contribution in [3.63, 3.8) is 0 Å². The Hall–Kier alpha value is -2.37. The van der Waals surface area contributed by atoms with Crippen molar-refractivity contribution in [3.8, 4) is 0 Å². The first-order chi connectivity index (χ1) is 16.3. The molecule has 3 fully saturated rings. The van der Waals surface area contributed by atoms with Gasteiger partial charge in [0.25, 0.3) is 5.91 Å². The molecule has 3 saturated heterocycles. The zero-order valence-electron chi connectivity index (χ0n) is 21.0. The van der Waals surface area contributed by atoms with E-state index in [1.165, 1.54) is 0 Å². The molecule has 3 amide bonds. The van der Waals surface area contributed by atoms with Crippen molar-refractivity contribution in [2.24, 2.45) is 23.7 Å². The predicted octanol–water partition coefficient (Wildman–Crippen LogP) is 4.11. The van der Waals surface area contributed by atoms with Crippen LogP contribution in [0.1, 0.15) is 76.1 Å². The molecule has 0 aromatic heterocycles. The van der Waals surface area contributed by atoms with E-state index in [0.717, 1.165) is 50.8 Å². The number of carbonyl (C=O) groups excluding carboxylic acids is 3. The maximum atomic E-state index is 13.5. The summed E-state index contributed by atoms with van der Waals surface area (Å²) in [5.74, 6) is 1.76. The fourth-order valence-corrected chi connectivity index (χ4v) is 6.24. The van der Waals surface area contributed by atoms with Gasteiger partial charge in [0, 0.05) is 50.1 Å². The highest BCUT2D eigenvalue weighted by atomic mass is 16.2. The van der Waals surface area contributed by atoms with Crippen LogP contribution in [0.15, 0.2) is 30.3 Å². The Kier molecular flexibility index (Phi) is 7.95. The highest BCUT2D eigenvalue weighted by molar-refractivity contribution is 5.94. The highest BCUT2D eigenvalue weighted by Gasteiger charge is 2.43. The van der Waals surface area contributed by atoms with Crippen LogP contribution >= 0.6 is 0 Å². The number of nitrogens with zero attached hydrogens (tertiary/aromatic N) is 2. The maximum Gasteiger partial charge on any atom is 0.253 e. The minimum Gasteiger partial charge on any atom is -0.353 e. The Bertz CT molecular complexity index is 871. The molecule has 1 aromatic carbocycles. The first-order valence-corrected chi connectivity index (χ1v) is 13.2. The SMILES string of the molecule is CC(C)[C@@H]1CC[C@@H](C)CC(=O)N2C[C@H]3C[C@@H](CN(C(=O)c4ccccc4)C3)[C@@H]2CCCC(=O)N1. The Morgan fingerprint density at radius 1 is 1.03 bits per heavy atom. The van der Waals surface area contributed by atoms with Gasteiger partial charge in [0.1, 0.15) is 0 Å². The Balaban J connectivity index is 1.50. The van der Waals surface area contributed by atoms with Crippen molar-refractivity contribution in [1.29, 1.82) is 0 Å². The summed E-state index contributed by atoms with van der Waals surface area (Å²) in [6.45, 7) is 8.61. The third kappa shape index (κ3) is 5.81. The zero-order valence-corrected chi connectivity index (χ0v) is 21.0. The summed E-state index contributed by atoms with van der Waals surface area (Å²) >= 11 is 0. The van der Waals surface area contributed by atoms with E-state index in [2.05, 4.69) is 31.0 Å². The smallest absolute Gasteiger partial charge is 0.253 e. The van der Waals surface area contributed by atoms with E-state index in [1.807, 2.05) is 35.2 Å². The predicted molar refractivity (Wildman–Crippen MR) is 133 cm³/mol. The van der Waals surface area contributed by atoms with E-state index >= 15 is 0 Å². The molecule has 0 aliphatic carbocycles. The van der Waals surface area contributed by atoms with Crippen LogP contribution in [0.2, 0.25) is 0 Å². The van der Waals surface area contributed by atoms with Crippen molar-refractivity contribution < 1.29 is 14.4 Å². The molecule has 1 aromatic rings. The molecule has 3 aliphatic heterocycles. The van der Waals surface area contributed by atoms with E-state index in [4.69, 9.17) is 0 Å². The van der Waals surface area contributed by atoms with Crippen molar-refractivity contribution in [1.82, 2.24) is 15.1 Å². The van der Waals surface area contributed by atoms with Crippen LogP contribution in [0.4, 0.5) is 0 Å². The van der Waals surface area contributed by atoms with Crippen LogP contribution < -0.4 is 5.32 Å². The van der Waals surface area contributed by atoms with E-state index in [9.17, 15) is 14.4 Å². The number of fused-ring (bicyclic) bond motifs is 4. The number of nitrogens with one attached hydrogen (secondary N) is 1. The highest BCUT2D eigenvalue weighted by Crippen LogP contribution is 2.37. The Morgan fingerprint density at radius 3 is 2.53 bits per heavy atom. The van der Waals surface area contributed by atoms with Crippen molar-refractivity contribution in [2.45, 2.75) is 77.8 Å². The second-order valence-electron chi connectivity index (χ2n) is 11.2. The number of benzene rings is 1. The number of carbonyl (C=O) groups is 3. The van der Waals surface area contributed by atoms with Crippen molar-refractivity contribution in [3.05, 3.63) is 35.9 Å². The lowest BCUT2D eigenvalue weighted by Crippen LogP contribution is -2.60. The van der Waals surface area contributed by atoms with Gasteiger partial charge < -0.3 is 15.1 Å². The van der Waals surface area contributed by atoms with Gasteiger partial charge in [-0.05, 0) is 67.9 Å². The maximum absolute atomic E-state index is 13.5. The summed E-state index contributed by atoms with van der Waals surface area (Å²) in [4.78, 5) is 43.4. The fourth-order valence-electron chi connectivity index (χ4n) is 6.24. The minimum absolute atomic E-state index is 0.0902. The van der Waals surface area contributed by atoms with Crippen LogP contribution in [0.25, 0.3) is 0 Å². The fraction of sp³-hybridized carbons (Fsp3) is 0.679. The first-order valence-electron chi connectivity index (χ1n) is 13.2. The summed E-state index contributed by atoms with van der Waals surface area (Å²) in [7, 11) is 0. The molecular formula is C28H41N3O3. The second-order valence-corrected chi connectivity index (χ2v) is 11.2. The molecule has 34 heavy (non-hydrogen) atoms. The average molecular weight is 468 g/mol. The number of likely N-dealkylation sites (tertiary alicyclic amines) is 1. The van der Waals surface area contributed by atoms with E-state index < -0.39 is 0 Å². The zero-order chi connectivity index (χ0) is 24.2. The van der Waals surface area contributed by atoms with Crippen molar-refractivity contribution in [2.75, 3.05) is 19.6 Å². The summed E-state index contributed by atoms with van der Waals surface area (Å²) < 4.78 is 0. The average Bonchev–Trinajstić information content (AvgIpc) is 2.82. The summed E-state index contributed by atoms with van der Waals surface area (Å²) in [5.41, 5.74) is 0.732. The molecule has 186 valence electrons. The van der Waals surface area contributed by atoms with Gasteiger partial charge in [-0.3, -0.25) is 14.4 Å². The molecule has 0 saturated carbocycles. The molecule has 1 N–H and O–H groups in total. The topological polar surface area (TPSA) is 69.7 Å². The minimum atomic E-state index is 0.0902. The second kappa shape index (κ2) is 10.9. The lowest BCUT2D eigenvalue weighted by atomic mass is 9.77. The van der Waals surface area contributed by atoms with E-state index in [0.29, 0.717) is 37.1 Å². The van der Waals surface area contributed by atoms with Crippen LogP contribution in [0, 0.1) is 23.7 Å². The van der Waals surface area contributed by atoms with E-state index in [1.54, 1.807) is 0 Å².